The van der Waals surface area contributed by atoms with Crippen LogP contribution in [0.3, 0.4) is 0 Å². The molecule has 2 rings (SSSR count). The summed E-state index contributed by atoms with van der Waals surface area (Å²) in [4.78, 5) is 10.5. The number of nitrogens with zero attached hydrogens (tertiary/aromatic N) is 3. The van der Waals surface area contributed by atoms with Gasteiger partial charge in [0.25, 0.3) is 0 Å². The number of rotatable bonds is 4. The largest absolute Gasteiger partial charge is 0.481 e. The molecule has 1 fully saturated rings. The Labute approximate surface area is 89.5 Å². The Morgan fingerprint density at radius 3 is 2.87 bits per heavy atom. The number of aromatic nitrogens is 2. The lowest BCUT2D eigenvalue weighted by Crippen LogP contribution is -2.57. The summed E-state index contributed by atoms with van der Waals surface area (Å²) in [7, 11) is 1.62. The van der Waals surface area contributed by atoms with Gasteiger partial charge in [0.05, 0.1) is 13.2 Å². The quantitative estimate of drug-likeness (QED) is 0.770. The first-order chi connectivity index (χ1) is 7.35. The number of nitrogens with one attached hydrogen (secondary N) is 1. The molecule has 82 valence electrons. The first kappa shape index (κ1) is 10.2. The minimum Gasteiger partial charge on any atom is -0.481 e. The van der Waals surface area contributed by atoms with Crippen molar-refractivity contribution < 1.29 is 4.74 Å². The van der Waals surface area contributed by atoms with E-state index in [9.17, 15) is 0 Å². The summed E-state index contributed by atoms with van der Waals surface area (Å²) >= 11 is 0. The van der Waals surface area contributed by atoms with Crippen molar-refractivity contribution in [1.29, 1.82) is 0 Å². The number of ether oxygens (including phenoxy) is 1. The SMILES string of the molecule is CCN(c1cc(OC)ncn1)C1CNC1. The molecule has 1 N–H and O–H groups in total. The number of anilines is 1. The Kier molecular flexibility index (Phi) is 3.01. The highest BCUT2D eigenvalue weighted by Gasteiger charge is 2.24. The molecule has 0 spiro atoms. The van der Waals surface area contributed by atoms with Crippen molar-refractivity contribution in [3.8, 4) is 5.88 Å². The second-order valence-electron chi connectivity index (χ2n) is 3.52. The molecule has 1 aromatic heterocycles. The topological polar surface area (TPSA) is 50.3 Å². The van der Waals surface area contributed by atoms with E-state index in [4.69, 9.17) is 4.74 Å². The lowest BCUT2D eigenvalue weighted by Gasteiger charge is -2.38. The van der Waals surface area contributed by atoms with Crippen LogP contribution in [0.25, 0.3) is 0 Å². The van der Waals surface area contributed by atoms with Crippen molar-refractivity contribution in [2.45, 2.75) is 13.0 Å². The smallest absolute Gasteiger partial charge is 0.218 e. The van der Waals surface area contributed by atoms with Crippen LogP contribution >= 0.6 is 0 Å². The second kappa shape index (κ2) is 4.44. The Hall–Kier alpha value is -1.36. The zero-order valence-electron chi connectivity index (χ0n) is 9.10. The molecule has 2 heterocycles. The molecule has 0 aromatic carbocycles. The second-order valence-corrected chi connectivity index (χ2v) is 3.52. The number of hydrogen-bond donors (Lipinski definition) is 1. The van der Waals surface area contributed by atoms with Crippen LogP contribution in [0.4, 0.5) is 5.82 Å². The summed E-state index contributed by atoms with van der Waals surface area (Å²) in [5, 5.41) is 3.26. The van der Waals surface area contributed by atoms with Crippen molar-refractivity contribution in [2.75, 3.05) is 31.6 Å². The van der Waals surface area contributed by atoms with Gasteiger partial charge < -0.3 is 15.0 Å². The van der Waals surface area contributed by atoms with Gasteiger partial charge in [-0.25, -0.2) is 9.97 Å². The van der Waals surface area contributed by atoms with Crippen molar-refractivity contribution in [1.82, 2.24) is 15.3 Å². The van der Waals surface area contributed by atoms with E-state index in [0.717, 1.165) is 25.5 Å². The standard InChI is InChI=1S/C10H16N4O/c1-3-14(8-5-11-6-8)9-4-10(15-2)13-7-12-9/h4,7-8,11H,3,5-6H2,1-2H3. The number of likely N-dealkylation sites (N-methyl/N-ethyl adjacent to an activating group) is 1. The summed E-state index contributed by atoms with van der Waals surface area (Å²) in [6, 6.07) is 2.43. The normalized spacial score (nSPS) is 15.9. The first-order valence-corrected chi connectivity index (χ1v) is 5.18. The van der Waals surface area contributed by atoms with Gasteiger partial charge >= 0.3 is 0 Å². The third kappa shape index (κ3) is 2.02. The van der Waals surface area contributed by atoms with Crippen LogP contribution in [-0.2, 0) is 0 Å². The van der Waals surface area contributed by atoms with E-state index in [0.29, 0.717) is 11.9 Å². The summed E-state index contributed by atoms with van der Waals surface area (Å²) < 4.78 is 5.09. The molecular formula is C10H16N4O. The zero-order valence-corrected chi connectivity index (χ0v) is 9.10. The number of hydrogen-bond acceptors (Lipinski definition) is 5. The molecule has 1 aromatic rings. The van der Waals surface area contributed by atoms with Crippen molar-refractivity contribution in [3.05, 3.63) is 12.4 Å². The number of methoxy groups -OCH3 is 1. The van der Waals surface area contributed by atoms with E-state index < -0.39 is 0 Å². The van der Waals surface area contributed by atoms with Crippen molar-refractivity contribution in [3.63, 3.8) is 0 Å². The highest BCUT2D eigenvalue weighted by Crippen LogP contribution is 2.18. The van der Waals surface area contributed by atoms with Gasteiger partial charge in [0.15, 0.2) is 0 Å². The molecule has 0 amide bonds. The Bertz CT molecular complexity index is 327. The van der Waals surface area contributed by atoms with E-state index in [1.807, 2.05) is 6.07 Å². The fourth-order valence-corrected chi connectivity index (χ4v) is 1.70. The third-order valence-corrected chi connectivity index (χ3v) is 2.67. The van der Waals surface area contributed by atoms with Gasteiger partial charge in [-0.3, -0.25) is 0 Å². The van der Waals surface area contributed by atoms with Gasteiger partial charge in [-0.1, -0.05) is 0 Å². The molecule has 5 nitrogen and oxygen atoms in total. The van der Waals surface area contributed by atoms with Crippen LogP contribution in [0.2, 0.25) is 0 Å². The Morgan fingerprint density at radius 1 is 1.53 bits per heavy atom. The molecule has 0 radical (unpaired) electrons. The van der Waals surface area contributed by atoms with Gasteiger partial charge in [0.2, 0.25) is 5.88 Å². The maximum atomic E-state index is 5.09. The maximum Gasteiger partial charge on any atom is 0.218 e. The van der Waals surface area contributed by atoms with Crippen molar-refractivity contribution >= 4 is 5.82 Å². The Morgan fingerprint density at radius 2 is 2.33 bits per heavy atom. The zero-order chi connectivity index (χ0) is 10.7. The predicted octanol–water partition coefficient (Wildman–Crippen LogP) is 0.283. The van der Waals surface area contributed by atoms with Gasteiger partial charge in [-0.05, 0) is 6.92 Å². The lowest BCUT2D eigenvalue weighted by atomic mass is 10.1. The first-order valence-electron chi connectivity index (χ1n) is 5.18. The molecule has 5 heteroatoms. The molecule has 0 saturated carbocycles. The van der Waals surface area contributed by atoms with E-state index >= 15 is 0 Å². The van der Waals surface area contributed by atoms with E-state index in [-0.39, 0.29) is 0 Å². The summed E-state index contributed by atoms with van der Waals surface area (Å²) in [6.07, 6.45) is 1.54. The molecule has 0 aliphatic carbocycles. The summed E-state index contributed by atoms with van der Waals surface area (Å²) in [6.45, 7) is 5.14. The third-order valence-electron chi connectivity index (χ3n) is 2.67. The van der Waals surface area contributed by atoms with Crippen LogP contribution in [-0.4, -0.2) is 42.8 Å². The molecule has 1 aliphatic rings. The fraction of sp³-hybridized carbons (Fsp3) is 0.600. The van der Waals surface area contributed by atoms with Crippen LogP contribution < -0.4 is 15.0 Å². The monoisotopic (exact) mass is 208 g/mol. The summed E-state index contributed by atoms with van der Waals surface area (Å²) in [5.41, 5.74) is 0. The molecule has 1 aliphatic heterocycles. The minimum atomic E-state index is 0.551. The average Bonchev–Trinajstić information content (AvgIpc) is 2.23. The molecular weight excluding hydrogens is 192 g/mol. The molecule has 15 heavy (non-hydrogen) atoms. The lowest BCUT2D eigenvalue weighted by molar-refractivity contribution is 0.393. The van der Waals surface area contributed by atoms with Gasteiger partial charge in [0, 0.05) is 25.7 Å². The van der Waals surface area contributed by atoms with E-state index in [1.165, 1.54) is 0 Å². The fourth-order valence-electron chi connectivity index (χ4n) is 1.70. The molecule has 1 saturated heterocycles. The maximum absolute atomic E-state index is 5.09. The highest BCUT2D eigenvalue weighted by molar-refractivity contribution is 5.42. The van der Waals surface area contributed by atoms with E-state index in [2.05, 4.69) is 27.1 Å². The van der Waals surface area contributed by atoms with Crippen LogP contribution in [0.15, 0.2) is 12.4 Å². The molecule has 0 atom stereocenters. The predicted molar refractivity (Wildman–Crippen MR) is 58.3 cm³/mol. The van der Waals surface area contributed by atoms with Crippen LogP contribution in [0, 0.1) is 0 Å². The van der Waals surface area contributed by atoms with Crippen molar-refractivity contribution in [2.24, 2.45) is 0 Å². The van der Waals surface area contributed by atoms with Crippen LogP contribution in [0.5, 0.6) is 5.88 Å². The molecule has 0 bridgehead atoms. The Balaban J connectivity index is 2.17. The highest BCUT2D eigenvalue weighted by atomic mass is 16.5. The minimum absolute atomic E-state index is 0.551. The van der Waals surface area contributed by atoms with Gasteiger partial charge in [0.1, 0.15) is 12.1 Å². The van der Waals surface area contributed by atoms with Gasteiger partial charge in [-0.15, -0.1) is 0 Å². The molecule has 0 unspecified atom stereocenters. The van der Waals surface area contributed by atoms with Gasteiger partial charge in [-0.2, -0.15) is 0 Å². The van der Waals surface area contributed by atoms with E-state index in [1.54, 1.807) is 13.4 Å². The average molecular weight is 208 g/mol. The van der Waals surface area contributed by atoms with Crippen LogP contribution in [0.1, 0.15) is 6.92 Å². The summed E-state index contributed by atoms with van der Waals surface area (Å²) in [5.74, 6) is 1.56.